The fourth-order valence-electron chi connectivity index (χ4n) is 3.94. The molecule has 4 rings (SSSR count). The fourth-order valence-corrected chi connectivity index (χ4v) is 3.94. The number of nitrogens with zero attached hydrogens (tertiary/aromatic N) is 4. The number of ether oxygens (including phenoxy) is 1. The minimum absolute atomic E-state index is 0.0295. The van der Waals surface area contributed by atoms with Gasteiger partial charge in [-0.05, 0) is 81.3 Å². The maximum Gasteiger partial charge on any atom is 0.257 e. The molecule has 0 radical (unpaired) electrons. The van der Waals surface area contributed by atoms with Gasteiger partial charge in [-0.3, -0.25) is 9.36 Å². The molecule has 1 saturated heterocycles. The smallest absolute Gasteiger partial charge is 0.257 e. The fraction of sp³-hybridized carbons (Fsp3) is 0.400. The van der Waals surface area contributed by atoms with E-state index in [0.29, 0.717) is 18.1 Å². The zero-order chi connectivity index (χ0) is 22.5. The molecule has 1 atom stereocenters. The summed E-state index contributed by atoms with van der Waals surface area (Å²) in [4.78, 5) is 24.0. The van der Waals surface area contributed by atoms with Crippen LogP contribution >= 0.6 is 0 Å². The molecule has 1 fully saturated rings. The average Bonchev–Trinajstić information content (AvgIpc) is 3.22. The zero-order valence-electron chi connectivity index (χ0n) is 19.0. The van der Waals surface area contributed by atoms with Gasteiger partial charge in [0.25, 0.3) is 5.90 Å². The number of imidazole rings is 1. The molecule has 3 aromatic rings. The molecule has 1 unspecified atom stereocenters. The molecule has 32 heavy (non-hydrogen) atoms. The van der Waals surface area contributed by atoms with Crippen molar-refractivity contribution in [2.24, 2.45) is 5.16 Å². The Morgan fingerprint density at radius 1 is 1.22 bits per heavy atom. The Bertz CT molecular complexity index is 1120. The molecule has 7 heteroatoms. The Hall–Kier alpha value is -3.19. The zero-order valence-corrected chi connectivity index (χ0v) is 19.0. The molecule has 0 saturated carbocycles. The molecular formula is C25H30N4O3. The number of Topliss-reactive ketones (excluding diaryl/α,β-unsaturated/α-hetero) is 1. The Morgan fingerprint density at radius 2 is 2.09 bits per heavy atom. The van der Waals surface area contributed by atoms with Crippen LogP contribution in [0.1, 0.15) is 49.0 Å². The highest BCUT2D eigenvalue weighted by Crippen LogP contribution is 2.22. The van der Waals surface area contributed by atoms with Gasteiger partial charge in [-0.25, -0.2) is 4.98 Å². The van der Waals surface area contributed by atoms with Gasteiger partial charge in [0.1, 0.15) is 19.0 Å². The molecule has 0 bridgehead atoms. The molecule has 2 aromatic carbocycles. The number of oxime groups is 1. The van der Waals surface area contributed by atoms with Crippen LogP contribution in [0.5, 0.6) is 0 Å². The van der Waals surface area contributed by atoms with Gasteiger partial charge in [-0.1, -0.05) is 13.0 Å². The third-order valence-electron chi connectivity index (χ3n) is 5.63. The number of rotatable bonds is 7. The molecule has 1 aliphatic heterocycles. The highest BCUT2D eigenvalue weighted by molar-refractivity contribution is 5.97. The van der Waals surface area contributed by atoms with Crippen molar-refractivity contribution in [3.8, 4) is 5.69 Å². The minimum Gasteiger partial charge on any atom is -0.471 e. The van der Waals surface area contributed by atoms with Gasteiger partial charge in [0.15, 0.2) is 5.78 Å². The topological polar surface area (TPSA) is 69.0 Å². The van der Waals surface area contributed by atoms with Gasteiger partial charge in [0, 0.05) is 23.4 Å². The molecule has 7 nitrogen and oxygen atoms in total. The second-order valence-corrected chi connectivity index (χ2v) is 8.30. The Kier molecular flexibility index (Phi) is 6.85. The van der Waals surface area contributed by atoms with Crippen molar-refractivity contribution >= 4 is 22.7 Å². The number of ketones is 1. The van der Waals surface area contributed by atoms with Crippen molar-refractivity contribution in [2.45, 2.75) is 39.2 Å². The highest BCUT2D eigenvalue weighted by Gasteiger charge is 2.21. The largest absolute Gasteiger partial charge is 0.471 e. The van der Waals surface area contributed by atoms with Crippen LogP contribution < -0.4 is 0 Å². The van der Waals surface area contributed by atoms with Crippen LogP contribution in [0.2, 0.25) is 0 Å². The summed E-state index contributed by atoms with van der Waals surface area (Å²) in [7, 11) is 2.11. The normalized spacial score (nSPS) is 17.5. The number of carbonyl (C=O) groups is 1. The third kappa shape index (κ3) is 4.99. The predicted octanol–water partition coefficient (Wildman–Crippen LogP) is 4.43. The molecule has 1 aliphatic rings. The average molecular weight is 435 g/mol. The summed E-state index contributed by atoms with van der Waals surface area (Å²) in [5.41, 5.74) is 4.17. The second-order valence-electron chi connectivity index (χ2n) is 8.30. The van der Waals surface area contributed by atoms with Gasteiger partial charge >= 0.3 is 0 Å². The monoisotopic (exact) mass is 434 g/mol. The number of aromatic nitrogens is 2. The Balaban J connectivity index is 1.65. The lowest BCUT2D eigenvalue weighted by Gasteiger charge is -2.30. The van der Waals surface area contributed by atoms with Crippen LogP contribution in [0.25, 0.3) is 16.7 Å². The van der Waals surface area contributed by atoms with E-state index in [2.05, 4.69) is 29.0 Å². The molecule has 0 amide bonds. The van der Waals surface area contributed by atoms with Crippen LogP contribution in [0.3, 0.4) is 0 Å². The van der Waals surface area contributed by atoms with Crippen LogP contribution in [-0.2, 0) is 9.57 Å². The molecular weight excluding hydrogens is 404 g/mol. The van der Waals surface area contributed by atoms with E-state index in [4.69, 9.17) is 9.57 Å². The maximum atomic E-state index is 11.7. The van der Waals surface area contributed by atoms with Crippen LogP contribution in [0.15, 0.2) is 53.9 Å². The first-order chi connectivity index (χ1) is 15.5. The molecule has 0 N–H and O–H groups in total. The summed E-state index contributed by atoms with van der Waals surface area (Å²) in [6.45, 7) is 6.12. The Labute approximate surface area is 188 Å². The van der Waals surface area contributed by atoms with Crippen LogP contribution in [0, 0.1) is 0 Å². The first kappa shape index (κ1) is 22.0. The standard InChI is InChI=1S/C25H30N4O3/c1-4-13-31-27-25(32-22-9-6-12-28(3)16-22)20-7-5-8-21(14-20)29-17-26-23-15-19(18(2)30)10-11-24(23)29/h5,7-8,10-11,14-15,17,22H,4,6,9,12-13,16H2,1-3H3. The number of hydrogen-bond donors (Lipinski definition) is 0. The van der Waals surface area contributed by atoms with Crippen molar-refractivity contribution in [1.29, 1.82) is 0 Å². The number of carbonyl (C=O) groups excluding carboxylic acids is 1. The summed E-state index contributed by atoms with van der Waals surface area (Å²) in [5.74, 6) is 0.533. The SMILES string of the molecule is CCCON=C(OC1CCCN(C)C1)c1cccc(-n2cnc3cc(C(C)=O)ccc32)c1. The van der Waals surface area contributed by atoms with E-state index in [1.165, 1.54) is 0 Å². The molecule has 2 heterocycles. The minimum atomic E-state index is 0.0295. The van der Waals surface area contributed by atoms with Gasteiger partial charge in [-0.15, -0.1) is 0 Å². The lowest BCUT2D eigenvalue weighted by molar-refractivity contribution is 0.0794. The second kappa shape index (κ2) is 9.96. The molecule has 0 spiro atoms. The van der Waals surface area contributed by atoms with Crippen molar-refractivity contribution in [1.82, 2.24) is 14.5 Å². The van der Waals surface area contributed by atoms with E-state index >= 15 is 0 Å². The number of hydrogen-bond acceptors (Lipinski definition) is 6. The van der Waals surface area contributed by atoms with Crippen molar-refractivity contribution < 1.29 is 14.4 Å². The van der Waals surface area contributed by atoms with Gasteiger partial charge in [0.2, 0.25) is 0 Å². The quantitative estimate of drug-likeness (QED) is 0.181. The van der Waals surface area contributed by atoms with Crippen LogP contribution in [-0.4, -0.2) is 59.0 Å². The summed E-state index contributed by atoms with van der Waals surface area (Å²) in [6, 6.07) is 13.6. The van der Waals surface area contributed by atoms with E-state index < -0.39 is 0 Å². The summed E-state index contributed by atoms with van der Waals surface area (Å²) in [6.07, 6.45) is 4.84. The van der Waals surface area contributed by atoms with Crippen LogP contribution in [0.4, 0.5) is 0 Å². The summed E-state index contributed by atoms with van der Waals surface area (Å²) < 4.78 is 8.32. The van der Waals surface area contributed by atoms with Crippen molar-refractivity contribution in [3.63, 3.8) is 0 Å². The van der Waals surface area contributed by atoms with E-state index in [1.807, 2.05) is 47.0 Å². The Morgan fingerprint density at radius 3 is 2.88 bits per heavy atom. The third-order valence-corrected chi connectivity index (χ3v) is 5.63. The van der Waals surface area contributed by atoms with E-state index in [1.54, 1.807) is 13.3 Å². The number of likely N-dealkylation sites (tertiary alicyclic amines) is 1. The van der Waals surface area contributed by atoms with E-state index in [-0.39, 0.29) is 11.9 Å². The van der Waals surface area contributed by atoms with Gasteiger partial charge < -0.3 is 14.5 Å². The first-order valence-corrected chi connectivity index (χ1v) is 11.2. The molecule has 0 aliphatic carbocycles. The van der Waals surface area contributed by atoms with Crippen molar-refractivity contribution in [2.75, 3.05) is 26.7 Å². The van der Waals surface area contributed by atoms with Crippen molar-refractivity contribution in [3.05, 3.63) is 59.9 Å². The molecule has 1 aromatic heterocycles. The number of likely N-dealkylation sites (N-methyl/N-ethyl adjacent to an activating group) is 1. The summed E-state index contributed by atoms with van der Waals surface area (Å²) >= 11 is 0. The van der Waals surface area contributed by atoms with E-state index in [9.17, 15) is 4.79 Å². The van der Waals surface area contributed by atoms with Gasteiger partial charge in [0.05, 0.1) is 11.0 Å². The van der Waals surface area contributed by atoms with E-state index in [0.717, 1.165) is 54.6 Å². The number of fused-ring (bicyclic) bond motifs is 1. The lowest BCUT2D eigenvalue weighted by Crippen LogP contribution is -2.38. The predicted molar refractivity (Wildman–Crippen MR) is 125 cm³/mol. The number of piperidine rings is 1. The first-order valence-electron chi connectivity index (χ1n) is 11.2. The highest BCUT2D eigenvalue weighted by atomic mass is 16.6. The summed E-state index contributed by atoms with van der Waals surface area (Å²) in [5, 5.41) is 4.33. The maximum absolute atomic E-state index is 11.7. The lowest BCUT2D eigenvalue weighted by atomic mass is 10.1. The van der Waals surface area contributed by atoms with Gasteiger partial charge in [-0.2, -0.15) is 0 Å². The molecule has 168 valence electrons. The number of benzene rings is 2.